The minimum atomic E-state index is -0.929. The number of anilines is 1. The van der Waals surface area contributed by atoms with E-state index in [1.165, 1.54) is 0 Å². The Labute approximate surface area is 116 Å². The zero-order valence-electron chi connectivity index (χ0n) is 11.6. The highest BCUT2D eigenvalue weighted by atomic mass is 19.1. The highest BCUT2D eigenvalue weighted by Gasteiger charge is 2.14. The van der Waals surface area contributed by atoms with E-state index in [4.69, 9.17) is 10.5 Å². The number of hydrogen-bond donors (Lipinski definition) is 2. The second-order valence-electron chi connectivity index (χ2n) is 4.41. The van der Waals surface area contributed by atoms with Crippen molar-refractivity contribution in [3.05, 3.63) is 29.3 Å². The molecule has 0 aromatic heterocycles. The number of nitrogens with one attached hydrogen (secondary N) is 1. The molecule has 0 saturated heterocycles. The van der Waals surface area contributed by atoms with Crippen LogP contribution in [0.1, 0.15) is 10.4 Å². The van der Waals surface area contributed by atoms with Gasteiger partial charge in [0, 0.05) is 32.8 Å². The van der Waals surface area contributed by atoms with E-state index in [1.807, 2.05) is 11.9 Å². The lowest BCUT2D eigenvalue weighted by molar-refractivity contribution is 0.0943. The summed E-state index contributed by atoms with van der Waals surface area (Å²) < 4.78 is 31.4. The molecule has 5 nitrogen and oxygen atoms in total. The number of hydrogen-bond acceptors (Lipinski definition) is 4. The smallest absolute Gasteiger partial charge is 0.254 e. The lowest BCUT2D eigenvalue weighted by Crippen LogP contribution is -2.34. The Kier molecular flexibility index (Phi) is 6.33. The topological polar surface area (TPSA) is 67.6 Å². The van der Waals surface area contributed by atoms with Crippen LogP contribution in [0.4, 0.5) is 14.5 Å². The molecule has 0 radical (unpaired) electrons. The molecule has 112 valence electrons. The zero-order valence-corrected chi connectivity index (χ0v) is 11.6. The number of carbonyl (C=O) groups is 1. The fourth-order valence-electron chi connectivity index (χ4n) is 1.55. The fourth-order valence-corrected chi connectivity index (χ4v) is 1.55. The highest BCUT2D eigenvalue weighted by molar-refractivity contribution is 5.95. The molecule has 7 heteroatoms. The first-order valence-corrected chi connectivity index (χ1v) is 6.16. The van der Waals surface area contributed by atoms with Gasteiger partial charge in [0.05, 0.1) is 17.9 Å². The van der Waals surface area contributed by atoms with Gasteiger partial charge in [0.2, 0.25) is 0 Å². The fraction of sp³-hybridized carbons (Fsp3) is 0.462. The number of ether oxygens (including phenoxy) is 1. The molecule has 1 aromatic rings. The van der Waals surface area contributed by atoms with Crippen LogP contribution in [0.3, 0.4) is 0 Å². The first-order valence-electron chi connectivity index (χ1n) is 6.16. The Hall–Kier alpha value is -1.73. The number of methoxy groups -OCH3 is 1. The molecule has 0 spiro atoms. The van der Waals surface area contributed by atoms with Gasteiger partial charge in [0.15, 0.2) is 0 Å². The predicted octanol–water partition coefficient (Wildman–Crippen LogP) is 0.855. The Morgan fingerprint density at radius 3 is 2.70 bits per heavy atom. The van der Waals surface area contributed by atoms with Gasteiger partial charge >= 0.3 is 0 Å². The van der Waals surface area contributed by atoms with Crippen LogP contribution >= 0.6 is 0 Å². The van der Waals surface area contributed by atoms with Gasteiger partial charge in [0.25, 0.3) is 5.91 Å². The lowest BCUT2D eigenvalue weighted by Gasteiger charge is -2.16. The van der Waals surface area contributed by atoms with Crippen molar-refractivity contribution in [1.29, 1.82) is 0 Å². The molecule has 0 aliphatic carbocycles. The van der Waals surface area contributed by atoms with Crippen LogP contribution in [0.15, 0.2) is 12.1 Å². The molecular formula is C13H19F2N3O2. The molecule has 0 heterocycles. The lowest BCUT2D eigenvalue weighted by atomic mass is 10.1. The van der Waals surface area contributed by atoms with Gasteiger partial charge in [-0.25, -0.2) is 8.78 Å². The quantitative estimate of drug-likeness (QED) is 0.730. The van der Waals surface area contributed by atoms with Crippen molar-refractivity contribution in [3.8, 4) is 0 Å². The molecule has 0 atom stereocenters. The van der Waals surface area contributed by atoms with Crippen molar-refractivity contribution < 1.29 is 18.3 Å². The number of amides is 1. The van der Waals surface area contributed by atoms with Gasteiger partial charge in [-0.2, -0.15) is 0 Å². The first kappa shape index (κ1) is 16.3. The van der Waals surface area contributed by atoms with Crippen LogP contribution in [-0.4, -0.2) is 51.2 Å². The van der Waals surface area contributed by atoms with Gasteiger partial charge in [-0.15, -0.1) is 0 Å². The van der Waals surface area contributed by atoms with E-state index < -0.39 is 17.5 Å². The minimum Gasteiger partial charge on any atom is -0.396 e. The van der Waals surface area contributed by atoms with Gasteiger partial charge in [-0.1, -0.05) is 0 Å². The van der Waals surface area contributed by atoms with Gasteiger partial charge in [-0.05, 0) is 13.1 Å². The van der Waals surface area contributed by atoms with Gasteiger partial charge in [0.1, 0.15) is 11.6 Å². The van der Waals surface area contributed by atoms with E-state index in [0.29, 0.717) is 25.8 Å². The van der Waals surface area contributed by atoms with Crippen LogP contribution in [0.2, 0.25) is 0 Å². The third kappa shape index (κ3) is 4.75. The van der Waals surface area contributed by atoms with Crippen LogP contribution in [-0.2, 0) is 4.74 Å². The molecule has 0 bridgehead atoms. The molecule has 1 amide bonds. The maximum Gasteiger partial charge on any atom is 0.254 e. The van der Waals surface area contributed by atoms with E-state index in [9.17, 15) is 13.6 Å². The molecule has 20 heavy (non-hydrogen) atoms. The number of nitrogen functional groups attached to an aromatic ring is 1. The highest BCUT2D eigenvalue weighted by Crippen LogP contribution is 2.16. The van der Waals surface area contributed by atoms with Crippen LogP contribution < -0.4 is 11.1 Å². The second-order valence-corrected chi connectivity index (χ2v) is 4.41. The number of rotatable bonds is 7. The zero-order chi connectivity index (χ0) is 15.1. The van der Waals surface area contributed by atoms with Gasteiger partial charge < -0.3 is 20.7 Å². The minimum absolute atomic E-state index is 0.256. The van der Waals surface area contributed by atoms with E-state index in [2.05, 4.69) is 5.32 Å². The summed E-state index contributed by atoms with van der Waals surface area (Å²) in [4.78, 5) is 13.7. The van der Waals surface area contributed by atoms with Crippen LogP contribution in [0.5, 0.6) is 0 Å². The van der Waals surface area contributed by atoms with Crippen molar-refractivity contribution in [2.75, 3.05) is 46.1 Å². The molecule has 0 fully saturated rings. The standard InChI is InChI=1S/C13H19F2N3O2/c1-18(5-6-20-2)4-3-17-13(19)9-7-12(16)11(15)8-10(9)14/h7-8H,3-6,16H2,1-2H3,(H,17,19). The van der Waals surface area contributed by atoms with E-state index in [-0.39, 0.29) is 11.3 Å². The SMILES string of the molecule is COCCN(C)CCNC(=O)c1cc(N)c(F)cc1F. The number of benzene rings is 1. The third-order valence-electron chi connectivity index (χ3n) is 2.79. The molecule has 0 aliphatic heterocycles. The molecular weight excluding hydrogens is 268 g/mol. The average molecular weight is 287 g/mol. The number of likely N-dealkylation sites (N-methyl/N-ethyl adjacent to an activating group) is 1. The van der Waals surface area contributed by atoms with E-state index >= 15 is 0 Å². The summed E-state index contributed by atoms with van der Waals surface area (Å²) in [6.45, 7) is 2.25. The number of nitrogens with two attached hydrogens (primary N) is 1. The summed E-state index contributed by atoms with van der Waals surface area (Å²) in [5.74, 6) is -2.42. The molecule has 1 rings (SSSR count). The summed E-state index contributed by atoms with van der Waals surface area (Å²) in [7, 11) is 3.49. The summed E-state index contributed by atoms with van der Waals surface area (Å²) in [6.07, 6.45) is 0. The predicted molar refractivity (Wildman–Crippen MR) is 72.5 cm³/mol. The normalized spacial score (nSPS) is 10.8. The van der Waals surface area contributed by atoms with Crippen molar-refractivity contribution in [1.82, 2.24) is 10.2 Å². The van der Waals surface area contributed by atoms with Crippen molar-refractivity contribution >= 4 is 11.6 Å². The van der Waals surface area contributed by atoms with Gasteiger partial charge in [-0.3, -0.25) is 4.79 Å². The maximum absolute atomic E-state index is 13.4. The Morgan fingerprint density at radius 1 is 1.35 bits per heavy atom. The summed E-state index contributed by atoms with van der Waals surface area (Å²) in [6, 6.07) is 1.60. The number of nitrogens with zero attached hydrogens (tertiary/aromatic N) is 1. The summed E-state index contributed by atoms with van der Waals surface area (Å²) in [5.41, 5.74) is 4.80. The van der Waals surface area contributed by atoms with E-state index in [0.717, 1.165) is 12.6 Å². The van der Waals surface area contributed by atoms with Crippen molar-refractivity contribution in [3.63, 3.8) is 0 Å². The molecule has 3 N–H and O–H groups in total. The maximum atomic E-state index is 13.4. The third-order valence-corrected chi connectivity index (χ3v) is 2.79. The second kappa shape index (κ2) is 7.76. The van der Waals surface area contributed by atoms with Crippen LogP contribution in [0, 0.1) is 11.6 Å². The monoisotopic (exact) mass is 287 g/mol. The van der Waals surface area contributed by atoms with E-state index in [1.54, 1.807) is 7.11 Å². The molecule has 0 saturated carbocycles. The molecule has 1 aromatic carbocycles. The Bertz CT molecular complexity index is 469. The number of carbonyl (C=O) groups excluding carboxylic acids is 1. The summed E-state index contributed by atoms with van der Waals surface area (Å²) >= 11 is 0. The Morgan fingerprint density at radius 2 is 2.05 bits per heavy atom. The van der Waals surface area contributed by atoms with Crippen molar-refractivity contribution in [2.45, 2.75) is 0 Å². The van der Waals surface area contributed by atoms with Crippen molar-refractivity contribution in [2.24, 2.45) is 0 Å². The Balaban J connectivity index is 2.49. The van der Waals surface area contributed by atoms with Crippen LogP contribution in [0.25, 0.3) is 0 Å². The molecule has 0 unspecified atom stereocenters. The first-order chi connectivity index (χ1) is 9.45. The average Bonchev–Trinajstić information content (AvgIpc) is 2.40. The molecule has 0 aliphatic rings. The summed E-state index contributed by atoms with van der Waals surface area (Å²) in [5, 5.41) is 2.55. The number of halogens is 2. The largest absolute Gasteiger partial charge is 0.396 e.